The van der Waals surface area contributed by atoms with Gasteiger partial charge >= 0.3 is 0 Å². The van der Waals surface area contributed by atoms with Crippen LogP contribution in [-0.4, -0.2) is 69.1 Å². The predicted molar refractivity (Wildman–Crippen MR) is 141 cm³/mol. The first kappa shape index (κ1) is 24.1. The molecule has 3 fully saturated rings. The lowest BCUT2D eigenvalue weighted by molar-refractivity contribution is -0.138. The van der Waals surface area contributed by atoms with Gasteiger partial charge in [0.15, 0.2) is 5.13 Å². The minimum Gasteiger partial charge on any atom is -0.342 e. The lowest BCUT2D eigenvalue weighted by atomic mass is 9.93. The highest BCUT2D eigenvalue weighted by molar-refractivity contribution is 7.19. The van der Waals surface area contributed by atoms with E-state index in [-0.39, 0.29) is 11.8 Å². The molecule has 1 N–H and O–H groups in total. The smallest absolute Gasteiger partial charge is 0.225 e. The van der Waals surface area contributed by atoms with E-state index >= 15 is 0 Å². The summed E-state index contributed by atoms with van der Waals surface area (Å²) in [6, 6.07) is 0.305. The Labute approximate surface area is 217 Å². The number of likely N-dealkylation sites (tertiary alicyclic amines) is 2. The molecule has 0 radical (unpaired) electrons. The van der Waals surface area contributed by atoms with E-state index in [9.17, 15) is 9.59 Å². The fourth-order valence-corrected chi connectivity index (χ4v) is 7.51. The third-order valence-corrected chi connectivity index (χ3v) is 9.43. The highest BCUT2D eigenvalue weighted by Crippen LogP contribution is 2.49. The molecule has 2 aromatic rings. The monoisotopic (exact) mass is 510 g/mol. The molecule has 0 aromatic carbocycles. The molecule has 2 aromatic heterocycles. The van der Waals surface area contributed by atoms with Crippen LogP contribution < -0.4 is 5.32 Å². The van der Waals surface area contributed by atoms with Gasteiger partial charge in [-0.25, -0.2) is 4.98 Å². The fraction of sp³-hybridized carbons (Fsp3) is 0.704. The van der Waals surface area contributed by atoms with E-state index in [1.165, 1.54) is 48.0 Å². The first-order valence-corrected chi connectivity index (χ1v) is 14.7. The minimum absolute atomic E-state index is 0.0819. The van der Waals surface area contributed by atoms with E-state index in [2.05, 4.69) is 26.7 Å². The highest BCUT2D eigenvalue weighted by atomic mass is 32.1. The van der Waals surface area contributed by atoms with Crippen LogP contribution in [0.4, 0.5) is 5.13 Å². The van der Waals surface area contributed by atoms with Gasteiger partial charge in [0.05, 0.1) is 28.0 Å². The number of anilines is 1. The molecule has 194 valence electrons. The molecule has 36 heavy (non-hydrogen) atoms. The van der Waals surface area contributed by atoms with Crippen LogP contribution in [0, 0.1) is 5.92 Å². The summed E-state index contributed by atoms with van der Waals surface area (Å²) in [5.74, 6) is 1.09. The van der Waals surface area contributed by atoms with Crippen LogP contribution >= 0.6 is 11.3 Å². The summed E-state index contributed by atoms with van der Waals surface area (Å²) in [4.78, 5) is 35.5. The summed E-state index contributed by atoms with van der Waals surface area (Å²) in [6.07, 6.45) is 9.45. The van der Waals surface area contributed by atoms with Crippen LogP contribution in [0.2, 0.25) is 0 Å². The number of carbonyl (C=O) groups is 2. The number of amides is 2. The standard InChI is InChI=1S/C27H38N6O2S/c1-3-12-31-13-8-19(9-14-31)26(35)32-15-10-20(11-16-32)33-24-21(23(30-33)18-4-5-18)6-7-22-25(24)36-27(29-22)28-17(2)34/h18-20H,3-16H2,1-2H3,(H,28,29,34). The Balaban J connectivity index is 1.18. The number of aryl methyl sites for hydroxylation is 1. The molecule has 1 saturated carbocycles. The molecule has 0 bridgehead atoms. The van der Waals surface area contributed by atoms with Crippen molar-refractivity contribution in [3.63, 3.8) is 0 Å². The molecular weight excluding hydrogens is 472 g/mol. The second-order valence-electron chi connectivity index (χ2n) is 11.1. The Bertz CT molecular complexity index is 1140. The first-order valence-electron chi connectivity index (χ1n) is 13.9. The fourth-order valence-electron chi connectivity index (χ4n) is 6.39. The van der Waals surface area contributed by atoms with Crippen molar-refractivity contribution in [3.8, 4) is 10.6 Å². The van der Waals surface area contributed by atoms with Gasteiger partial charge in [-0.1, -0.05) is 18.3 Å². The molecule has 0 spiro atoms. The van der Waals surface area contributed by atoms with E-state index < -0.39 is 0 Å². The van der Waals surface area contributed by atoms with Gasteiger partial charge in [-0.3, -0.25) is 14.3 Å². The Hall–Kier alpha value is -2.26. The Morgan fingerprint density at radius 2 is 1.78 bits per heavy atom. The van der Waals surface area contributed by atoms with Gasteiger partial charge in [0.25, 0.3) is 0 Å². The van der Waals surface area contributed by atoms with E-state index in [0.29, 0.717) is 23.0 Å². The molecule has 0 atom stereocenters. The summed E-state index contributed by atoms with van der Waals surface area (Å²) in [5, 5.41) is 8.80. The largest absolute Gasteiger partial charge is 0.342 e. The third kappa shape index (κ3) is 4.60. The van der Waals surface area contributed by atoms with Gasteiger partial charge in [0, 0.05) is 37.4 Å². The molecule has 6 rings (SSSR count). The number of nitrogens with zero attached hydrogens (tertiary/aromatic N) is 5. The summed E-state index contributed by atoms with van der Waals surface area (Å²) >= 11 is 1.59. The molecule has 8 nitrogen and oxygen atoms in total. The number of nitrogens with one attached hydrogen (secondary N) is 1. The minimum atomic E-state index is -0.0819. The summed E-state index contributed by atoms with van der Waals surface area (Å²) in [7, 11) is 0. The Kier molecular flexibility index (Phi) is 6.62. The summed E-state index contributed by atoms with van der Waals surface area (Å²) < 4.78 is 2.29. The lowest BCUT2D eigenvalue weighted by Crippen LogP contribution is -2.45. The van der Waals surface area contributed by atoms with Crippen molar-refractivity contribution in [3.05, 3.63) is 17.0 Å². The number of carbonyl (C=O) groups excluding carboxylic acids is 2. The van der Waals surface area contributed by atoms with Crippen LogP contribution in [0.3, 0.4) is 0 Å². The molecular formula is C27H38N6O2S. The normalized spacial score (nSPS) is 21.3. The van der Waals surface area contributed by atoms with Gasteiger partial charge in [-0.15, -0.1) is 0 Å². The molecule has 0 unspecified atom stereocenters. The van der Waals surface area contributed by atoms with Gasteiger partial charge in [0.2, 0.25) is 11.8 Å². The zero-order valence-electron chi connectivity index (χ0n) is 21.6. The van der Waals surface area contributed by atoms with Crippen molar-refractivity contribution >= 4 is 28.3 Å². The number of rotatable bonds is 6. The zero-order valence-corrected chi connectivity index (χ0v) is 22.4. The Morgan fingerprint density at radius 1 is 1.03 bits per heavy atom. The molecule has 9 heteroatoms. The maximum atomic E-state index is 13.3. The molecule has 2 aliphatic carbocycles. The van der Waals surface area contributed by atoms with Crippen molar-refractivity contribution < 1.29 is 9.59 Å². The quantitative estimate of drug-likeness (QED) is 0.629. The van der Waals surface area contributed by atoms with Crippen molar-refractivity contribution in [1.29, 1.82) is 0 Å². The van der Waals surface area contributed by atoms with Crippen LogP contribution in [0.25, 0.3) is 10.6 Å². The van der Waals surface area contributed by atoms with Gasteiger partial charge in [-0.2, -0.15) is 5.10 Å². The van der Waals surface area contributed by atoms with Crippen molar-refractivity contribution in [2.75, 3.05) is 38.0 Å². The van der Waals surface area contributed by atoms with Gasteiger partial charge < -0.3 is 15.1 Å². The van der Waals surface area contributed by atoms with Crippen molar-refractivity contribution in [2.24, 2.45) is 5.92 Å². The number of hydrogen-bond donors (Lipinski definition) is 1. The van der Waals surface area contributed by atoms with E-state index in [0.717, 1.165) is 76.9 Å². The van der Waals surface area contributed by atoms with E-state index in [1.54, 1.807) is 11.3 Å². The van der Waals surface area contributed by atoms with Crippen LogP contribution in [-0.2, 0) is 22.4 Å². The van der Waals surface area contributed by atoms with Crippen molar-refractivity contribution in [2.45, 2.75) is 83.6 Å². The maximum Gasteiger partial charge on any atom is 0.225 e. The van der Waals surface area contributed by atoms with Gasteiger partial charge in [0.1, 0.15) is 0 Å². The molecule has 2 aliphatic heterocycles. The van der Waals surface area contributed by atoms with E-state index in [1.807, 2.05) is 0 Å². The predicted octanol–water partition coefficient (Wildman–Crippen LogP) is 4.23. The lowest BCUT2D eigenvalue weighted by Gasteiger charge is -2.37. The van der Waals surface area contributed by atoms with Crippen LogP contribution in [0.15, 0.2) is 0 Å². The number of hydrogen-bond acceptors (Lipinski definition) is 6. The molecule has 2 saturated heterocycles. The average molecular weight is 511 g/mol. The number of aromatic nitrogens is 3. The number of thiazole rings is 1. The molecule has 4 heterocycles. The van der Waals surface area contributed by atoms with Crippen LogP contribution in [0.1, 0.15) is 87.7 Å². The molecule has 2 amide bonds. The second kappa shape index (κ2) is 9.89. The Morgan fingerprint density at radius 3 is 2.44 bits per heavy atom. The number of fused-ring (bicyclic) bond motifs is 3. The molecule has 4 aliphatic rings. The zero-order chi connectivity index (χ0) is 24.8. The highest BCUT2D eigenvalue weighted by Gasteiger charge is 2.38. The summed E-state index contributed by atoms with van der Waals surface area (Å²) in [5.41, 5.74) is 5.02. The maximum absolute atomic E-state index is 13.3. The topological polar surface area (TPSA) is 83.4 Å². The number of piperidine rings is 2. The summed E-state index contributed by atoms with van der Waals surface area (Å²) in [6.45, 7) is 8.66. The third-order valence-electron chi connectivity index (χ3n) is 8.41. The second-order valence-corrected chi connectivity index (χ2v) is 12.1. The van der Waals surface area contributed by atoms with Gasteiger partial charge in [-0.05, 0) is 77.4 Å². The van der Waals surface area contributed by atoms with Crippen LogP contribution in [0.5, 0.6) is 0 Å². The SMILES string of the molecule is CCCN1CCC(C(=O)N2CCC(n3nc(C4CC4)c4c3-c3sc(NC(C)=O)nc3CC4)CC2)CC1. The average Bonchev–Trinajstić information content (AvgIpc) is 3.52. The first-order chi connectivity index (χ1) is 17.5. The van der Waals surface area contributed by atoms with Crippen molar-refractivity contribution in [1.82, 2.24) is 24.6 Å². The van der Waals surface area contributed by atoms with E-state index in [4.69, 9.17) is 10.1 Å².